The van der Waals surface area contributed by atoms with Crippen molar-refractivity contribution in [2.45, 2.75) is 18.9 Å². The van der Waals surface area contributed by atoms with Gasteiger partial charge < -0.3 is 14.7 Å². The Kier molecular flexibility index (Phi) is 3.58. The van der Waals surface area contributed by atoms with Gasteiger partial charge in [0.25, 0.3) is 5.91 Å². The number of aromatic hydroxyl groups is 1. The molecule has 0 atom stereocenters. The highest BCUT2D eigenvalue weighted by atomic mass is 16.5. The van der Waals surface area contributed by atoms with E-state index in [0.29, 0.717) is 18.8 Å². The van der Waals surface area contributed by atoms with Gasteiger partial charge in [-0.15, -0.1) is 0 Å². The first-order valence-electron chi connectivity index (χ1n) is 5.68. The molecule has 92 valence electrons. The van der Waals surface area contributed by atoms with Gasteiger partial charge in [0.15, 0.2) is 0 Å². The summed E-state index contributed by atoms with van der Waals surface area (Å²) in [4.78, 5) is 17.6. The van der Waals surface area contributed by atoms with E-state index < -0.39 is 0 Å². The van der Waals surface area contributed by atoms with Crippen LogP contribution in [0.3, 0.4) is 0 Å². The summed E-state index contributed by atoms with van der Waals surface area (Å²) in [6.45, 7) is 1.37. The van der Waals surface area contributed by atoms with E-state index in [1.807, 2.05) is 0 Å². The monoisotopic (exact) mass is 236 g/mol. The molecule has 0 unspecified atom stereocenters. The Balaban J connectivity index is 2.11. The van der Waals surface area contributed by atoms with Gasteiger partial charge in [0.1, 0.15) is 5.75 Å². The van der Waals surface area contributed by atoms with Crippen molar-refractivity contribution in [1.82, 2.24) is 9.88 Å². The summed E-state index contributed by atoms with van der Waals surface area (Å²) in [6, 6.07) is 1.72. The van der Waals surface area contributed by atoms with E-state index >= 15 is 0 Å². The molecule has 1 aliphatic heterocycles. The van der Waals surface area contributed by atoms with Crippen molar-refractivity contribution < 1.29 is 14.6 Å². The maximum atomic E-state index is 12.2. The lowest BCUT2D eigenvalue weighted by Crippen LogP contribution is -2.40. The Morgan fingerprint density at radius 3 is 2.88 bits per heavy atom. The zero-order valence-electron chi connectivity index (χ0n) is 9.80. The first kappa shape index (κ1) is 11.9. The summed E-state index contributed by atoms with van der Waals surface area (Å²) in [6.07, 6.45) is 4.47. The minimum Gasteiger partial charge on any atom is -0.505 e. The van der Waals surface area contributed by atoms with Crippen molar-refractivity contribution >= 4 is 5.91 Å². The molecule has 1 amide bonds. The largest absolute Gasteiger partial charge is 0.505 e. The molecule has 1 aromatic heterocycles. The molecular formula is C12H16N2O3. The SMILES string of the molecule is CN(C(=O)c1ccncc1O)C1CCOCC1. The van der Waals surface area contributed by atoms with Gasteiger partial charge in [0, 0.05) is 32.5 Å². The molecule has 1 fully saturated rings. The Labute approximate surface area is 100 Å². The molecule has 1 N–H and O–H groups in total. The Hall–Kier alpha value is -1.62. The number of hydrogen-bond donors (Lipinski definition) is 1. The Morgan fingerprint density at radius 1 is 1.53 bits per heavy atom. The Bertz CT molecular complexity index is 402. The van der Waals surface area contributed by atoms with Crippen molar-refractivity contribution in [3.8, 4) is 5.75 Å². The maximum Gasteiger partial charge on any atom is 0.257 e. The quantitative estimate of drug-likeness (QED) is 0.833. The normalized spacial score (nSPS) is 16.8. The van der Waals surface area contributed by atoms with E-state index in [1.165, 1.54) is 18.5 Å². The zero-order chi connectivity index (χ0) is 12.3. The molecule has 0 aromatic carbocycles. The molecule has 2 heterocycles. The van der Waals surface area contributed by atoms with E-state index in [9.17, 15) is 9.90 Å². The minimum absolute atomic E-state index is 0.0728. The molecule has 0 radical (unpaired) electrons. The van der Waals surface area contributed by atoms with E-state index in [4.69, 9.17) is 4.74 Å². The number of pyridine rings is 1. The summed E-state index contributed by atoms with van der Waals surface area (Å²) in [5, 5.41) is 9.59. The second-order valence-electron chi connectivity index (χ2n) is 4.15. The van der Waals surface area contributed by atoms with Crippen molar-refractivity contribution in [3.05, 3.63) is 24.0 Å². The van der Waals surface area contributed by atoms with Gasteiger partial charge in [-0.3, -0.25) is 9.78 Å². The highest BCUT2D eigenvalue weighted by molar-refractivity contribution is 5.96. The highest BCUT2D eigenvalue weighted by Gasteiger charge is 2.24. The van der Waals surface area contributed by atoms with Crippen LogP contribution in [0.15, 0.2) is 18.5 Å². The molecule has 2 rings (SSSR count). The fourth-order valence-corrected chi connectivity index (χ4v) is 2.00. The molecule has 0 bridgehead atoms. The van der Waals surface area contributed by atoms with Crippen molar-refractivity contribution in [2.75, 3.05) is 20.3 Å². The maximum absolute atomic E-state index is 12.2. The van der Waals surface area contributed by atoms with Crippen LogP contribution in [0, 0.1) is 0 Å². The third-order valence-corrected chi connectivity index (χ3v) is 3.09. The van der Waals surface area contributed by atoms with Crippen LogP contribution in [-0.2, 0) is 4.74 Å². The van der Waals surface area contributed by atoms with Crippen LogP contribution in [0.1, 0.15) is 23.2 Å². The molecule has 1 saturated heterocycles. The van der Waals surface area contributed by atoms with Gasteiger partial charge in [0.05, 0.1) is 11.8 Å². The lowest BCUT2D eigenvalue weighted by molar-refractivity contribution is 0.0360. The fraction of sp³-hybridized carbons (Fsp3) is 0.500. The van der Waals surface area contributed by atoms with Gasteiger partial charge in [-0.25, -0.2) is 0 Å². The van der Waals surface area contributed by atoms with Crippen LogP contribution in [0.2, 0.25) is 0 Å². The molecule has 0 saturated carbocycles. The summed E-state index contributed by atoms with van der Waals surface area (Å²) in [7, 11) is 1.76. The standard InChI is InChI=1S/C12H16N2O3/c1-14(9-3-6-17-7-4-9)12(16)10-2-5-13-8-11(10)15/h2,5,8-9,15H,3-4,6-7H2,1H3. The van der Waals surface area contributed by atoms with Gasteiger partial charge in [-0.2, -0.15) is 0 Å². The average molecular weight is 236 g/mol. The molecule has 1 aromatic rings. The number of hydrogen-bond acceptors (Lipinski definition) is 4. The number of carbonyl (C=O) groups excluding carboxylic acids is 1. The lowest BCUT2D eigenvalue weighted by Gasteiger charge is -2.31. The molecule has 0 aliphatic carbocycles. The third-order valence-electron chi connectivity index (χ3n) is 3.09. The van der Waals surface area contributed by atoms with Crippen LogP contribution in [0.25, 0.3) is 0 Å². The molecule has 1 aliphatic rings. The van der Waals surface area contributed by atoms with E-state index in [0.717, 1.165) is 12.8 Å². The van der Waals surface area contributed by atoms with Crippen LogP contribution in [-0.4, -0.2) is 47.2 Å². The first-order valence-corrected chi connectivity index (χ1v) is 5.68. The summed E-state index contributed by atoms with van der Waals surface area (Å²) in [5.74, 6) is -0.242. The number of rotatable bonds is 2. The number of nitrogens with zero attached hydrogens (tertiary/aromatic N) is 2. The van der Waals surface area contributed by atoms with Crippen molar-refractivity contribution in [3.63, 3.8) is 0 Å². The predicted molar refractivity (Wildman–Crippen MR) is 61.8 cm³/mol. The number of amides is 1. The first-order chi connectivity index (χ1) is 8.20. The smallest absolute Gasteiger partial charge is 0.257 e. The average Bonchev–Trinajstić information content (AvgIpc) is 2.39. The Morgan fingerprint density at radius 2 is 2.24 bits per heavy atom. The molecule has 17 heavy (non-hydrogen) atoms. The summed E-state index contributed by atoms with van der Waals surface area (Å²) < 4.78 is 5.26. The van der Waals surface area contributed by atoms with Gasteiger partial charge in [0.2, 0.25) is 0 Å². The van der Waals surface area contributed by atoms with E-state index in [-0.39, 0.29) is 17.7 Å². The topological polar surface area (TPSA) is 62.7 Å². The van der Waals surface area contributed by atoms with Crippen LogP contribution in [0.4, 0.5) is 0 Å². The zero-order valence-corrected chi connectivity index (χ0v) is 9.80. The van der Waals surface area contributed by atoms with Gasteiger partial charge in [-0.05, 0) is 18.9 Å². The molecule has 0 spiro atoms. The number of carbonyl (C=O) groups is 1. The highest BCUT2D eigenvalue weighted by Crippen LogP contribution is 2.20. The molecule has 5 nitrogen and oxygen atoms in total. The third kappa shape index (κ3) is 2.55. The number of aromatic nitrogens is 1. The van der Waals surface area contributed by atoms with Gasteiger partial charge >= 0.3 is 0 Å². The molecular weight excluding hydrogens is 220 g/mol. The lowest BCUT2D eigenvalue weighted by atomic mass is 10.1. The number of ether oxygens (including phenoxy) is 1. The second-order valence-corrected chi connectivity index (χ2v) is 4.15. The van der Waals surface area contributed by atoms with Crippen LogP contribution in [0.5, 0.6) is 5.75 Å². The fourth-order valence-electron chi connectivity index (χ4n) is 2.00. The van der Waals surface area contributed by atoms with Crippen molar-refractivity contribution in [1.29, 1.82) is 0 Å². The summed E-state index contributed by atoms with van der Waals surface area (Å²) in [5.41, 5.74) is 0.300. The predicted octanol–water partition coefficient (Wildman–Crippen LogP) is 1.04. The van der Waals surface area contributed by atoms with E-state index in [1.54, 1.807) is 11.9 Å². The van der Waals surface area contributed by atoms with Gasteiger partial charge in [-0.1, -0.05) is 0 Å². The minimum atomic E-state index is -0.170. The van der Waals surface area contributed by atoms with Crippen LogP contribution < -0.4 is 0 Å². The van der Waals surface area contributed by atoms with Crippen LogP contribution >= 0.6 is 0 Å². The summed E-state index contributed by atoms with van der Waals surface area (Å²) >= 11 is 0. The molecule has 5 heteroatoms. The van der Waals surface area contributed by atoms with E-state index in [2.05, 4.69) is 4.98 Å². The van der Waals surface area contributed by atoms with Crippen molar-refractivity contribution in [2.24, 2.45) is 0 Å². The second kappa shape index (κ2) is 5.14.